The Labute approximate surface area is 111 Å². The molecule has 1 aromatic rings. The lowest BCUT2D eigenvalue weighted by Gasteiger charge is -2.24. The van der Waals surface area contributed by atoms with E-state index in [4.69, 9.17) is 16.3 Å². The molecule has 0 aliphatic heterocycles. The first-order valence-corrected chi connectivity index (χ1v) is 6.79. The first-order chi connectivity index (χ1) is 7.87. The molecule has 0 spiro atoms. The van der Waals surface area contributed by atoms with Gasteiger partial charge in [-0.3, -0.25) is 4.90 Å². The van der Waals surface area contributed by atoms with Crippen molar-refractivity contribution in [3.8, 4) is 0 Å². The third-order valence-electron chi connectivity index (χ3n) is 1.84. The number of thiazole rings is 1. The number of hydrogen-bond acceptors (Lipinski definition) is 4. The fourth-order valence-corrected chi connectivity index (χ4v) is 2.25. The van der Waals surface area contributed by atoms with Gasteiger partial charge in [-0.15, -0.1) is 22.9 Å². The molecule has 96 valence electrons. The highest BCUT2D eigenvalue weighted by Crippen LogP contribution is 2.23. The smallest absolute Gasteiger partial charge is 0.416 e. The third-order valence-corrected chi connectivity index (χ3v) is 3.02. The van der Waals surface area contributed by atoms with Gasteiger partial charge in [0, 0.05) is 11.9 Å². The Kier molecular flexibility index (Phi) is 4.77. The Morgan fingerprint density at radius 2 is 2.24 bits per heavy atom. The lowest BCUT2D eigenvalue weighted by molar-refractivity contribution is 0.0582. The summed E-state index contributed by atoms with van der Waals surface area (Å²) < 4.78 is 5.31. The van der Waals surface area contributed by atoms with Crippen LogP contribution in [0.4, 0.5) is 9.93 Å². The highest BCUT2D eigenvalue weighted by Gasteiger charge is 2.24. The largest absolute Gasteiger partial charge is 0.443 e. The summed E-state index contributed by atoms with van der Waals surface area (Å²) in [6.45, 7) is 7.91. The fourth-order valence-electron chi connectivity index (χ4n) is 1.14. The number of carbonyl (C=O) groups excluding carboxylic acids is 1. The number of alkyl halides is 1. The van der Waals surface area contributed by atoms with Gasteiger partial charge in [-0.1, -0.05) is 0 Å². The van der Waals surface area contributed by atoms with Crippen LogP contribution in [0.2, 0.25) is 0 Å². The molecular formula is C11H17ClN2O2S. The van der Waals surface area contributed by atoms with Crippen molar-refractivity contribution < 1.29 is 9.53 Å². The molecule has 0 atom stereocenters. The molecule has 0 aromatic carbocycles. The van der Waals surface area contributed by atoms with Gasteiger partial charge in [0.25, 0.3) is 0 Å². The van der Waals surface area contributed by atoms with Gasteiger partial charge in [-0.25, -0.2) is 9.78 Å². The van der Waals surface area contributed by atoms with Gasteiger partial charge in [-0.05, 0) is 27.7 Å². The van der Waals surface area contributed by atoms with Crippen LogP contribution in [0.3, 0.4) is 0 Å². The van der Waals surface area contributed by atoms with Crippen molar-refractivity contribution in [2.24, 2.45) is 0 Å². The molecule has 1 rings (SSSR count). The lowest BCUT2D eigenvalue weighted by Crippen LogP contribution is -2.36. The first kappa shape index (κ1) is 14.3. The zero-order valence-corrected chi connectivity index (χ0v) is 12.1. The minimum Gasteiger partial charge on any atom is -0.443 e. The standard InChI is InChI=1S/C11H17ClN2O2S/c1-5-14(10(15)16-11(2,3)4)9-13-8(6-12)7-17-9/h7H,5-6H2,1-4H3. The number of hydrogen-bond donors (Lipinski definition) is 0. The fraction of sp³-hybridized carbons (Fsp3) is 0.636. The molecule has 0 saturated carbocycles. The topological polar surface area (TPSA) is 42.4 Å². The summed E-state index contributed by atoms with van der Waals surface area (Å²) in [7, 11) is 0. The average molecular weight is 277 g/mol. The maximum Gasteiger partial charge on any atom is 0.416 e. The molecular weight excluding hydrogens is 260 g/mol. The second-order valence-corrected chi connectivity index (χ2v) is 5.58. The van der Waals surface area contributed by atoms with E-state index in [9.17, 15) is 4.79 Å². The maximum absolute atomic E-state index is 11.9. The van der Waals surface area contributed by atoms with Gasteiger partial charge < -0.3 is 4.74 Å². The number of halogens is 1. The van der Waals surface area contributed by atoms with Gasteiger partial charge in [0.05, 0.1) is 11.6 Å². The summed E-state index contributed by atoms with van der Waals surface area (Å²) in [5.41, 5.74) is 0.269. The van der Waals surface area contributed by atoms with Crippen molar-refractivity contribution in [2.45, 2.75) is 39.2 Å². The number of aromatic nitrogens is 1. The zero-order valence-electron chi connectivity index (χ0n) is 10.5. The average Bonchev–Trinajstić information content (AvgIpc) is 2.64. The molecule has 0 radical (unpaired) electrons. The molecule has 1 heterocycles. The maximum atomic E-state index is 11.9. The quantitative estimate of drug-likeness (QED) is 0.792. The Bertz CT molecular complexity index is 387. The number of nitrogens with zero attached hydrogens (tertiary/aromatic N) is 2. The van der Waals surface area contributed by atoms with Crippen molar-refractivity contribution in [1.82, 2.24) is 4.98 Å². The van der Waals surface area contributed by atoms with E-state index in [2.05, 4.69) is 4.98 Å². The summed E-state index contributed by atoms with van der Waals surface area (Å²) in [4.78, 5) is 17.7. The van der Waals surface area contributed by atoms with E-state index >= 15 is 0 Å². The van der Waals surface area contributed by atoms with Crippen molar-refractivity contribution in [1.29, 1.82) is 0 Å². The summed E-state index contributed by atoms with van der Waals surface area (Å²) >= 11 is 7.07. The molecule has 1 aromatic heterocycles. The minimum absolute atomic E-state index is 0.350. The number of rotatable bonds is 3. The molecule has 0 unspecified atom stereocenters. The summed E-state index contributed by atoms with van der Waals surface area (Å²) in [5.74, 6) is 0.350. The Hall–Kier alpha value is -0.810. The predicted octanol–water partition coefficient (Wildman–Crippen LogP) is 3.64. The first-order valence-electron chi connectivity index (χ1n) is 5.38. The molecule has 0 fully saturated rings. The predicted molar refractivity (Wildman–Crippen MR) is 70.9 cm³/mol. The van der Waals surface area contributed by atoms with E-state index in [1.165, 1.54) is 16.2 Å². The van der Waals surface area contributed by atoms with Crippen molar-refractivity contribution in [3.05, 3.63) is 11.1 Å². The summed E-state index contributed by atoms with van der Waals surface area (Å²) in [6.07, 6.45) is -0.379. The zero-order chi connectivity index (χ0) is 13.1. The highest BCUT2D eigenvalue weighted by molar-refractivity contribution is 7.14. The van der Waals surface area contributed by atoms with Crippen molar-refractivity contribution in [3.63, 3.8) is 0 Å². The van der Waals surface area contributed by atoms with E-state index < -0.39 is 5.60 Å². The Morgan fingerprint density at radius 1 is 1.59 bits per heavy atom. The van der Waals surface area contributed by atoms with E-state index in [0.29, 0.717) is 17.6 Å². The van der Waals surface area contributed by atoms with Crippen LogP contribution in [-0.4, -0.2) is 23.2 Å². The number of anilines is 1. The SMILES string of the molecule is CCN(C(=O)OC(C)(C)C)c1nc(CCl)cs1. The molecule has 6 heteroatoms. The van der Waals surface area contributed by atoms with Gasteiger partial charge >= 0.3 is 6.09 Å². The second-order valence-electron chi connectivity index (χ2n) is 4.48. The van der Waals surface area contributed by atoms with E-state index in [1.54, 1.807) is 0 Å². The van der Waals surface area contributed by atoms with E-state index in [1.807, 2.05) is 33.1 Å². The molecule has 0 N–H and O–H groups in total. The molecule has 0 saturated heterocycles. The summed E-state index contributed by atoms with van der Waals surface area (Å²) in [6, 6.07) is 0. The second kappa shape index (κ2) is 5.69. The van der Waals surface area contributed by atoms with Crippen molar-refractivity contribution >= 4 is 34.2 Å². The van der Waals surface area contributed by atoms with Crippen LogP contribution >= 0.6 is 22.9 Å². The number of amides is 1. The monoisotopic (exact) mass is 276 g/mol. The molecule has 0 aliphatic rings. The molecule has 17 heavy (non-hydrogen) atoms. The number of carbonyl (C=O) groups is 1. The van der Waals surface area contributed by atoms with Crippen LogP contribution in [0, 0.1) is 0 Å². The van der Waals surface area contributed by atoms with E-state index in [-0.39, 0.29) is 6.09 Å². The van der Waals surface area contributed by atoms with Crippen LogP contribution in [0.25, 0.3) is 0 Å². The normalized spacial score (nSPS) is 11.4. The molecule has 1 amide bonds. The lowest BCUT2D eigenvalue weighted by atomic mass is 10.2. The van der Waals surface area contributed by atoms with Gasteiger partial charge in [0.2, 0.25) is 0 Å². The molecule has 0 bridgehead atoms. The molecule has 4 nitrogen and oxygen atoms in total. The molecule has 0 aliphatic carbocycles. The van der Waals surface area contributed by atoms with Gasteiger partial charge in [0.1, 0.15) is 5.60 Å². The van der Waals surface area contributed by atoms with E-state index in [0.717, 1.165) is 5.69 Å². The Morgan fingerprint density at radius 3 is 2.65 bits per heavy atom. The Balaban J connectivity index is 2.80. The van der Waals surface area contributed by atoms with Crippen LogP contribution in [0.1, 0.15) is 33.4 Å². The van der Waals surface area contributed by atoms with Gasteiger partial charge in [-0.2, -0.15) is 0 Å². The minimum atomic E-state index is -0.503. The van der Waals surface area contributed by atoms with Crippen LogP contribution in [0.15, 0.2) is 5.38 Å². The van der Waals surface area contributed by atoms with Crippen LogP contribution in [0.5, 0.6) is 0 Å². The van der Waals surface area contributed by atoms with Crippen LogP contribution < -0.4 is 4.90 Å². The third kappa shape index (κ3) is 4.16. The van der Waals surface area contributed by atoms with Gasteiger partial charge in [0.15, 0.2) is 5.13 Å². The summed E-state index contributed by atoms with van der Waals surface area (Å²) in [5, 5.41) is 2.47. The van der Waals surface area contributed by atoms with Crippen LogP contribution in [-0.2, 0) is 10.6 Å². The highest BCUT2D eigenvalue weighted by atomic mass is 35.5. The number of ether oxygens (including phenoxy) is 1. The van der Waals surface area contributed by atoms with Crippen molar-refractivity contribution in [2.75, 3.05) is 11.4 Å².